The van der Waals surface area contributed by atoms with Gasteiger partial charge in [0.25, 0.3) is 5.89 Å². The van der Waals surface area contributed by atoms with Gasteiger partial charge in [-0.15, -0.1) is 13.2 Å². The average molecular weight is 332 g/mol. The van der Waals surface area contributed by atoms with Crippen molar-refractivity contribution in [3.8, 4) is 28.7 Å². The normalized spacial score (nSPS) is 11.1. The van der Waals surface area contributed by atoms with Gasteiger partial charge >= 0.3 is 6.36 Å². The molecular formula is C15H7F3N4O2. The molecule has 0 saturated heterocycles. The minimum atomic E-state index is -4.87. The molecule has 2 aromatic heterocycles. The molecule has 2 heterocycles. The van der Waals surface area contributed by atoms with Crippen molar-refractivity contribution < 1.29 is 22.4 Å². The highest BCUT2D eigenvalue weighted by molar-refractivity contribution is 5.67. The maximum Gasteiger partial charge on any atom is 0.573 e. The Balaban J connectivity index is 1.99. The van der Waals surface area contributed by atoms with E-state index in [0.29, 0.717) is 5.69 Å². The number of halogens is 3. The van der Waals surface area contributed by atoms with E-state index in [4.69, 9.17) is 11.1 Å². The first kappa shape index (κ1) is 15.5. The number of aromatic nitrogens is 3. The zero-order valence-electron chi connectivity index (χ0n) is 11.8. The van der Waals surface area contributed by atoms with Gasteiger partial charge in [0.15, 0.2) is 5.69 Å². The number of hydrogen-bond donors (Lipinski definition) is 0. The fourth-order valence-electron chi connectivity index (χ4n) is 1.90. The molecule has 1 aromatic carbocycles. The van der Waals surface area contributed by atoms with Crippen LogP contribution in [0.15, 0.2) is 47.1 Å². The summed E-state index contributed by atoms with van der Waals surface area (Å²) in [6.45, 7) is 6.98. The highest BCUT2D eigenvalue weighted by atomic mass is 19.4. The van der Waals surface area contributed by atoms with Crippen molar-refractivity contribution in [1.29, 1.82) is 0 Å². The van der Waals surface area contributed by atoms with Gasteiger partial charge in [0, 0.05) is 11.8 Å². The van der Waals surface area contributed by atoms with Crippen LogP contribution in [0.2, 0.25) is 0 Å². The molecule has 0 fully saturated rings. The second kappa shape index (κ2) is 6.00. The summed E-state index contributed by atoms with van der Waals surface area (Å²) in [6, 6.07) is 8.47. The quantitative estimate of drug-likeness (QED) is 0.671. The van der Waals surface area contributed by atoms with Crippen molar-refractivity contribution in [3.63, 3.8) is 0 Å². The highest BCUT2D eigenvalue weighted by Crippen LogP contribution is 2.32. The summed E-state index contributed by atoms with van der Waals surface area (Å²) in [7, 11) is 0. The molecule has 120 valence electrons. The first-order valence-corrected chi connectivity index (χ1v) is 6.48. The lowest BCUT2D eigenvalue weighted by Gasteiger charge is -2.09. The van der Waals surface area contributed by atoms with E-state index in [-0.39, 0.29) is 23.0 Å². The molecule has 0 aliphatic carbocycles. The Bertz CT molecular complexity index is 901. The summed E-state index contributed by atoms with van der Waals surface area (Å²) in [5, 5.41) is 3.71. The molecule has 0 unspecified atom stereocenters. The van der Waals surface area contributed by atoms with Gasteiger partial charge in [-0.2, -0.15) is 4.98 Å². The molecule has 0 amide bonds. The van der Waals surface area contributed by atoms with Crippen molar-refractivity contribution in [1.82, 2.24) is 15.1 Å². The maximum absolute atomic E-state index is 12.4. The summed E-state index contributed by atoms with van der Waals surface area (Å²) in [4.78, 5) is 11.2. The maximum atomic E-state index is 12.4. The first-order valence-electron chi connectivity index (χ1n) is 6.48. The number of alkyl halides is 3. The van der Waals surface area contributed by atoms with E-state index in [2.05, 4.69) is 24.7 Å². The van der Waals surface area contributed by atoms with E-state index in [1.54, 1.807) is 18.2 Å². The third kappa shape index (κ3) is 3.49. The lowest BCUT2D eigenvalue weighted by atomic mass is 10.2. The van der Waals surface area contributed by atoms with E-state index < -0.39 is 12.1 Å². The van der Waals surface area contributed by atoms with Crippen LogP contribution in [-0.2, 0) is 0 Å². The minimum absolute atomic E-state index is 0.0215. The highest BCUT2D eigenvalue weighted by Gasteiger charge is 2.31. The predicted octanol–water partition coefficient (Wildman–Crippen LogP) is 4.25. The van der Waals surface area contributed by atoms with Gasteiger partial charge in [0.05, 0.1) is 6.57 Å². The number of hydrogen-bond acceptors (Lipinski definition) is 5. The van der Waals surface area contributed by atoms with Crippen LogP contribution < -0.4 is 4.74 Å². The van der Waals surface area contributed by atoms with E-state index >= 15 is 0 Å². The lowest BCUT2D eigenvalue weighted by molar-refractivity contribution is -0.274. The number of nitrogens with zero attached hydrogens (tertiary/aromatic N) is 4. The van der Waals surface area contributed by atoms with Crippen molar-refractivity contribution in [3.05, 3.63) is 54.0 Å². The summed E-state index contributed by atoms with van der Waals surface area (Å²) in [5.74, 6) is -0.402. The van der Waals surface area contributed by atoms with Crippen LogP contribution in [0, 0.1) is 6.57 Å². The third-order valence-corrected chi connectivity index (χ3v) is 2.82. The van der Waals surface area contributed by atoms with Gasteiger partial charge in [-0.3, -0.25) is 4.98 Å². The fourth-order valence-corrected chi connectivity index (χ4v) is 1.90. The largest absolute Gasteiger partial charge is 0.573 e. The van der Waals surface area contributed by atoms with Crippen LogP contribution in [0.3, 0.4) is 0 Å². The molecular weight excluding hydrogens is 325 g/mol. The second-order valence-corrected chi connectivity index (χ2v) is 4.51. The minimum Gasteiger partial charge on any atom is -0.407 e. The number of benzene rings is 1. The predicted molar refractivity (Wildman–Crippen MR) is 75.9 cm³/mol. The van der Waals surface area contributed by atoms with Crippen LogP contribution in [0.25, 0.3) is 27.8 Å². The van der Waals surface area contributed by atoms with E-state index in [1.807, 2.05) is 0 Å². The van der Waals surface area contributed by atoms with Crippen molar-refractivity contribution >= 4 is 5.69 Å². The molecule has 0 aliphatic rings. The SMILES string of the molecule is [C-]#[N+]c1cc(OC(F)(F)F)cc(-c2noc(-c3ccccn3)n2)c1. The standard InChI is InChI=1S/C15H7F3N4O2/c1-19-10-6-9(7-11(8-10)23-15(16,17)18)13-21-14(24-22-13)12-4-2-3-5-20-12/h2-8H. The molecule has 9 heteroatoms. The Kier molecular flexibility index (Phi) is 3.87. The molecule has 3 aromatic rings. The van der Waals surface area contributed by atoms with Crippen LogP contribution in [0.5, 0.6) is 5.75 Å². The smallest absolute Gasteiger partial charge is 0.407 e. The molecule has 0 radical (unpaired) electrons. The van der Waals surface area contributed by atoms with Crippen LogP contribution in [-0.4, -0.2) is 21.5 Å². The van der Waals surface area contributed by atoms with Crippen molar-refractivity contribution in [2.75, 3.05) is 0 Å². The Hall–Kier alpha value is -3.41. The van der Waals surface area contributed by atoms with E-state index in [1.165, 1.54) is 12.3 Å². The zero-order chi connectivity index (χ0) is 17.2. The molecule has 3 rings (SSSR count). The van der Waals surface area contributed by atoms with Crippen LogP contribution in [0.4, 0.5) is 18.9 Å². The molecule has 0 spiro atoms. The Morgan fingerprint density at radius 1 is 1.17 bits per heavy atom. The Morgan fingerprint density at radius 2 is 2.00 bits per heavy atom. The van der Waals surface area contributed by atoms with Gasteiger partial charge in [0.2, 0.25) is 5.82 Å². The molecule has 0 bridgehead atoms. The van der Waals surface area contributed by atoms with Crippen molar-refractivity contribution in [2.45, 2.75) is 6.36 Å². The molecule has 6 nitrogen and oxygen atoms in total. The fraction of sp³-hybridized carbons (Fsp3) is 0.0667. The van der Waals surface area contributed by atoms with Gasteiger partial charge in [-0.1, -0.05) is 11.2 Å². The van der Waals surface area contributed by atoms with Gasteiger partial charge in [-0.05, 0) is 30.3 Å². The first-order chi connectivity index (χ1) is 11.4. The molecule has 0 atom stereocenters. The van der Waals surface area contributed by atoms with Crippen molar-refractivity contribution in [2.24, 2.45) is 0 Å². The molecule has 0 N–H and O–H groups in total. The second-order valence-electron chi connectivity index (χ2n) is 4.51. The Morgan fingerprint density at radius 3 is 2.67 bits per heavy atom. The van der Waals surface area contributed by atoms with Gasteiger partial charge < -0.3 is 9.26 Å². The number of pyridine rings is 1. The molecule has 0 saturated carbocycles. The third-order valence-electron chi connectivity index (χ3n) is 2.82. The van der Waals surface area contributed by atoms with Crippen LogP contribution >= 0.6 is 0 Å². The summed E-state index contributed by atoms with van der Waals surface area (Å²) >= 11 is 0. The summed E-state index contributed by atoms with van der Waals surface area (Å²) < 4.78 is 46.0. The lowest BCUT2D eigenvalue weighted by Crippen LogP contribution is -2.17. The monoisotopic (exact) mass is 332 g/mol. The zero-order valence-corrected chi connectivity index (χ0v) is 11.8. The van der Waals surface area contributed by atoms with Crippen LogP contribution in [0.1, 0.15) is 0 Å². The van der Waals surface area contributed by atoms with E-state index in [9.17, 15) is 13.2 Å². The molecule has 0 aliphatic heterocycles. The average Bonchev–Trinajstić information content (AvgIpc) is 3.04. The topological polar surface area (TPSA) is 65.4 Å². The number of ether oxygens (including phenoxy) is 1. The van der Waals surface area contributed by atoms with Gasteiger partial charge in [0.1, 0.15) is 11.4 Å². The molecule has 24 heavy (non-hydrogen) atoms. The summed E-state index contributed by atoms with van der Waals surface area (Å²) in [5.41, 5.74) is 0.536. The van der Waals surface area contributed by atoms with E-state index in [0.717, 1.165) is 12.1 Å². The number of rotatable bonds is 3. The summed E-state index contributed by atoms with van der Waals surface area (Å²) in [6.07, 6.45) is -3.33. The Labute approximate surface area is 133 Å². The van der Waals surface area contributed by atoms with Gasteiger partial charge in [-0.25, -0.2) is 4.85 Å².